The summed E-state index contributed by atoms with van der Waals surface area (Å²) in [5.74, 6) is -0.170. The lowest BCUT2D eigenvalue weighted by atomic mass is 10.00. The molecule has 3 amide bonds. The Labute approximate surface area is 173 Å². The van der Waals surface area contributed by atoms with Crippen molar-refractivity contribution in [3.8, 4) is 0 Å². The Kier molecular flexibility index (Phi) is 4.83. The molecule has 1 N–H and O–H groups in total. The SMILES string of the molecule is Cc1nc(C)c(C[N+]2=C3C=CC(S(=O)(=O)NC4CC4C)C=C3C(=O)N(C)C2=O)s1. The van der Waals surface area contributed by atoms with Crippen molar-refractivity contribution in [1.82, 2.24) is 14.6 Å². The van der Waals surface area contributed by atoms with Crippen molar-refractivity contribution in [3.63, 3.8) is 0 Å². The fourth-order valence-electron chi connectivity index (χ4n) is 3.53. The number of fused-ring (bicyclic) bond motifs is 1. The summed E-state index contributed by atoms with van der Waals surface area (Å²) >= 11 is 1.50. The van der Waals surface area contributed by atoms with Crippen molar-refractivity contribution in [2.45, 2.75) is 45.0 Å². The van der Waals surface area contributed by atoms with Crippen molar-refractivity contribution in [2.75, 3.05) is 7.05 Å². The van der Waals surface area contributed by atoms with Crippen LogP contribution < -0.4 is 4.72 Å². The van der Waals surface area contributed by atoms with E-state index >= 15 is 0 Å². The zero-order valence-corrected chi connectivity index (χ0v) is 18.3. The molecule has 1 fully saturated rings. The van der Waals surface area contributed by atoms with Crippen molar-refractivity contribution < 1.29 is 22.6 Å². The summed E-state index contributed by atoms with van der Waals surface area (Å²) in [5.41, 5.74) is 1.50. The lowest BCUT2D eigenvalue weighted by Gasteiger charge is -2.24. The Morgan fingerprint density at radius 3 is 2.62 bits per heavy atom. The summed E-state index contributed by atoms with van der Waals surface area (Å²) in [4.78, 5) is 31.9. The molecular formula is C19H23N4O4S2+. The second-order valence-corrected chi connectivity index (χ2v) is 10.9. The fourth-order valence-corrected chi connectivity index (χ4v) is 5.97. The highest BCUT2D eigenvalue weighted by Gasteiger charge is 2.45. The van der Waals surface area contributed by atoms with E-state index in [2.05, 4.69) is 9.71 Å². The number of thiazole rings is 1. The van der Waals surface area contributed by atoms with Crippen LogP contribution in [-0.2, 0) is 21.4 Å². The molecule has 2 aliphatic carbocycles. The third-order valence-electron chi connectivity index (χ3n) is 5.48. The number of aryl methyl sites for hydroxylation is 2. The molecule has 3 unspecified atom stereocenters. The number of allylic oxidation sites excluding steroid dienone is 1. The van der Waals surface area contributed by atoms with E-state index in [1.807, 2.05) is 20.8 Å². The number of hydrogen-bond acceptors (Lipinski definition) is 6. The van der Waals surface area contributed by atoms with E-state index in [1.54, 1.807) is 6.08 Å². The summed E-state index contributed by atoms with van der Waals surface area (Å²) in [7, 11) is -2.24. The number of carbonyl (C=O) groups is 2. The van der Waals surface area contributed by atoms with Gasteiger partial charge in [-0.1, -0.05) is 13.0 Å². The maximum Gasteiger partial charge on any atom is 0.501 e. The van der Waals surface area contributed by atoms with Crippen LogP contribution >= 0.6 is 11.3 Å². The van der Waals surface area contributed by atoms with Gasteiger partial charge < -0.3 is 0 Å². The number of imide groups is 1. The van der Waals surface area contributed by atoms with Gasteiger partial charge in [0, 0.05) is 6.04 Å². The Hall–Kier alpha value is -2.17. The maximum absolute atomic E-state index is 12.8. The van der Waals surface area contributed by atoms with Crippen molar-refractivity contribution in [1.29, 1.82) is 0 Å². The van der Waals surface area contributed by atoms with Gasteiger partial charge in [0.1, 0.15) is 23.1 Å². The molecule has 1 aromatic rings. The van der Waals surface area contributed by atoms with Crippen LogP contribution in [0.1, 0.15) is 28.9 Å². The van der Waals surface area contributed by atoms with Crippen molar-refractivity contribution in [2.24, 2.45) is 5.92 Å². The van der Waals surface area contributed by atoms with Gasteiger partial charge in [0.25, 0.3) is 0 Å². The molecular weight excluding hydrogens is 412 g/mol. The molecule has 3 atom stereocenters. The van der Waals surface area contributed by atoms with Gasteiger partial charge in [-0.25, -0.2) is 22.9 Å². The minimum Gasteiger partial charge on any atom is -0.246 e. The van der Waals surface area contributed by atoms with Crippen LogP contribution in [0, 0.1) is 19.8 Å². The van der Waals surface area contributed by atoms with Crippen LogP contribution in [0.4, 0.5) is 4.79 Å². The molecule has 154 valence electrons. The molecule has 29 heavy (non-hydrogen) atoms. The van der Waals surface area contributed by atoms with Gasteiger partial charge in [-0.15, -0.1) is 11.3 Å². The van der Waals surface area contributed by atoms with Gasteiger partial charge in [0.2, 0.25) is 10.0 Å². The average molecular weight is 436 g/mol. The zero-order chi connectivity index (χ0) is 21.1. The summed E-state index contributed by atoms with van der Waals surface area (Å²) < 4.78 is 29.6. The van der Waals surface area contributed by atoms with Crippen LogP contribution in [0.15, 0.2) is 23.8 Å². The second kappa shape index (κ2) is 6.96. The normalized spacial score (nSPS) is 26.7. The molecule has 8 nitrogen and oxygen atoms in total. The molecule has 0 aromatic carbocycles. The molecule has 1 aliphatic heterocycles. The monoisotopic (exact) mass is 435 g/mol. The van der Waals surface area contributed by atoms with Crippen LogP contribution in [0.2, 0.25) is 0 Å². The van der Waals surface area contributed by atoms with Crippen molar-refractivity contribution >= 4 is 39.0 Å². The standard InChI is InChI=1S/C19H23N4O4S2/c1-10-7-15(10)21-29(26,27)13-5-6-16-14(8-13)18(24)22(4)19(25)23(16)9-17-11(2)20-12(3)28-17/h5-6,8,10,13,15,21H,7,9H2,1-4H3/q+1. The highest BCUT2D eigenvalue weighted by atomic mass is 32.2. The van der Waals surface area contributed by atoms with Crippen LogP contribution in [-0.4, -0.2) is 58.9 Å². The van der Waals surface area contributed by atoms with Gasteiger partial charge in [0.05, 0.1) is 22.6 Å². The number of urea groups is 1. The summed E-state index contributed by atoms with van der Waals surface area (Å²) in [6.45, 7) is 6.05. The quantitative estimate of drug-likeness (QED) is 0.707. The fraction of sp³-hybridized carbons (Fsp3) is 0.474. The molecule has 4 rings (SSSR count). The van der Waals surface area contributed by atoms with Crippen LogP contribution in [0.5, 0.6) is 0 Å². The maximum atomic E-state index is 12.8. The average Bonchev–Trinajstić information content (AvgIpc) is 3.24. The Morgan fingerprint density at radius 1 is 1.34 bits per heavy atom. The first kappa shape index (κ1) is 20.1. The first-order chi connectivity index (χ1) is 13.6. The van der Waals surface area contributed by atoms with E-state index in [9.17, 15) is 18.0 Å². The predicted molar refractivity (Wildman–Crippen MR) is 109 cm³/mol. The number of aromatic nitrogens is 1. The Bertz CT molecular complexity index is 1110. The molecule has 10 heteroatoms. The van der Waals surface area contributed by atoms with Crippen LogP contribution in [0.3, 0.4) is 0 Å². The lowest BCUT2D eigenvalue weighted by Crippen LogP contribution is -2.50. The minimum atomic E-state index is -3.65. The zero-order valence-electron chi connectivity index (χ0n) is 16.7. The van der Waals surface area contributed by atoms with Gasteiger partial charge in [-0.2, -0.15) is 14.3 Å². The lowest BCUT2D eigenvalue weighted by molar-refractivity contribution is -0.451. The second-order valence-electron chi connectivity index (χ2n) is 7.75. The van der Waals surface area contributed by atoms with Crippen LogP contribution in [0.25, 0.3) is 0 Å². The van der Waals surface area contributed by atoms with E-state index in [0.29, 0.717) is 11.6 Å². The number of likely N-dealkylation sites (N-methyl/N-ethyl adjacent to an activating group) is 1. The Morgan fingerprint density at radius 2 is 2.03 bits per heavy atom. The largest absolute Gasteiger partial charge is 0.501 e. The third-order valence-corrected chi connectivity index (χ3v) is 8.18. The van der Waals surface area contributed by atoms with Gasteiger partial charge in [0.15, 0.2) is 0 Å². The highest BCUT2D eigenvalue weighted by molar-refractivity contribution is 7.90. The number of nitrogens with zero attached hydrogens (tertiary/aromatic N) is 3. The topological polar surface area (TPSA) is 99.4 Å². The number of rotatable bonds is 5. The molecule has 0 radical (unpaired) electrons. The summed E-state index contributed by atoms with van der Waals surface area (Å²) in [6, 6.07) is -0.485. The van der Waals surface area contributed by atoms with E-state index in [-0.39, 0.29) is 18.2 Å². The Balaban J connectivity index is 1.72. The van der Waals surface area contributed by atoms with Crippen molar-refractivity contribution in [3.05, 3.63) is 39.4 Å². The summed E-state index contributed by atoms with van der Waals surface area (Å²) in [5, 5.41) is -0.0493. The molecule has 0 saturated heterocycles. The van der Waals surface area contributed by atoms with E-state index in [0.717, 1.165) is 26.9 Å². The number of amides is 3. The first-order valence-electron chi connectivity index (χ1n) is 9.39. The van der Waals surface area contributed by atoms with E-state index < -0.39 is 27.2 Å². The molecule has 2 heterocycles. The van der Waals surface area contributed by atoms with Gasteiger partial charge >= 0.3 is 11.9 Å². The summed E-state index contributed by atoms with van der Waals surface area (Å²) in [6.07, 6.45) is 5.36. The number of nitrogens with one attached hydrogen (secondary N) is 1. The smallest absolute Gasteiger partial charge is 0.246 e. The molecule has 0 spiro atoms. The predicted octanol–water partition coefficient (Wildman–Crippen LogP) is 1.50. The molecule has 1 aromatic heterocycles. The third kappa shape index (κ3) is 3.60. The minimum absolute atomic E-state index is 0.0440. The number of carbonyl (C=O) groups excluding carboxylic acids is 2. The molecule has 1 saturated carbocycles. The molecule has 3 aliphatic rings. The van der Waals surface area contributed by atoms with Gasteiger partial charge in [-0.3, -0.25) is 0 Å². The highest BCUT2D eigenvalue weighted by Crippen LogP contribution is 2.31. The van der Waals surface area contributed by atoms with E-state index in [4.69, 9.17) is 0 Å². The first-order valence-corrected chi connectivity index (χ1v) is 11.8. The number of sulfonamides is 1. The van der Waals surface area contributed by atoms with Gasteiger partial charge in [-0.05, 0) is 38.3 Å². The molecule has 0 bridgehead atoms. The van der Waals surface area contributed by atoms with E-state index in [1.165, 1.54) is 35.1 Å². The number of hydrogen-bond donors (Lipinski definition) is 1.